The average molecular weight is 342 g/mol. The zero-order valence-corrected chi connectivity index (χ0v) is 14.4. The van der Waals surface area contributed by atoms with Gasteiger partial charge in [-0.25, -0.2) is 9.78 Å². The number of aromatic carboxylic acids is 1. The molecule has 0 fully saturated rings. The largest absolute Gasteiger partial charge is 0.493 e. The molecular formula is C19H22N2O4. The molecule has 0 radical (unpaired) electrons. The molecule has 0 bridgehead atoms. The summed E-state index contributed by atoms with van der Waals surface area (Å²) in [6, 6.07) is 10.6. The first-order valence-corrected chi connectivity index (χ1v) is 8.15. The Balaban J connectivity index is 1.79. The van der Waals surface area contributed by atoms with Gasteiger partial charge in [-0.1, -0.05) is 26.0 Å². The van der Waals surface area contributed by atoms with Gasteiger partial charge in [0, 0.05) is 12.7 Å². The maximum absolute atomic E-state index is 12.0. The Bertz CT molecular complexity index is 709. The van der Waals surface area contributed by atoms with Crippen molar-refractivity contribution >= 4 is 11.9 Å². The van der Waals surface area contributed by atoms with Crippen LogP contribution in [-0.2, 0) is 6.42 Å². The number of carboxylic acids is 1. The van der Waals surface area contributed by atoms with E-state index in [4.69, 9.17) is 9.84 Å². The van der Waals surface area contributed by atoms with Crippen molar-refractivity contribution < 1.29 is 19.4 Å². The Morgan fingerprint density at radius 2 is 1.88 bits per heavy atom. The second-order valence-corrected chi connectivity index (χ2v) is 6.09. The van der Waals surface area contributed by atoms with Gasteiger partial charge in [-0.15, -0.1) is 0 Å². The Kier molecular flexibility index (Phi) is 6.51. The number of benzene rings is 1. The van der Waals surface area contributed by atoms with Gasteiger partial charge in [-0.05, 0) is 42.2 Å². The minimum Gasteiger partial charge on any atom is -0.493 e. The molecule has 1 amide bonds. The van der Waals surface area contributed by atoms with Gasteiger partial charge in [-0.2, -0.15) is 0 Å². The van der Waals surface area contributed by atoms with E-state index in [2.05, 4.69) is 24.1 Å². The smallest absolute Gasteiger partial charge is 0.354 e. The van der Waals surface area contributed by atoms with Crippen molar-refractivity contribution in [2.75, 3.05) is 13.2 Å². The van der Waals surface area contributed by atoms with Crippen molar-refractivity contribution in [2.45, 2.75) is 20.3 Å². The fourth-order valence-electron chi connectivity index (χ4n) is 2.09. The van der Waals surface area contributed by atoms with Crippen molar-refractivity contribution in [1.29, 1.82) is 0 Å². The number of aromatic nitrogens is 1. The number of rotatable bonds is 8. The van der Waals surface area contributed by atoms with Crippen molar-refractivity contribution in [3.8, 4) is 5.75 Å². The molecule has 0 saturated heterocycles. The zero-order chi connectivity index (χ0) is 18.2. The predicted octanol–water partition coefficient (Wildman–Crippen LogP) is 2.79. The second kappa shape index (κ2) is 8.82. The van der Waals surface area contributed by atoms with Crippen molar-refractivity contribution in [3.05, 3.63) is 59.4 Å². The number of nitrogens with zero attached hydrogens (tertiary/aromatic N) is 1. The molecule has 25 heavy (non-hydrogen) atoms. The van der Waals surface area contributed by atoms with Crippen LogP contribution >= 0.6 is 0 Å². The lowest BCUT2D eigenvalue weighted by Gasteiger charge is -2.09. The van der Waals surface area contributed by atoms with Crippen LogP contribution in [0.2, 0.25) is 0 Å². The van der Waals surface area contributed by atoms with Gasteiger partial charge in [0.25, 0.3) is 5.91 Å². The maximum Gasteiger partial charge on any atom is 0.354 e. The van der Waals surface area contributed by atoms with E-state index < -0.39 is 5.97 Å². The van der Waals surface area contributed by atoms with Crippen LogP contribution in [0.5, 0.6) is 5.75 Å². The van der Waals surface area contributed by atoms with E-state index >= 15 is 0 Å². The number of carboxylic acid groups (broad SMARTS) is 1. The third kappa shape index (κ3) is 5.91. The number of hydrogen-bond donors (Lipinski definition) is 2. The molecule has 2 N–H and O–H groups in total. The molecule has 0 unspecified atom stereocenters. The molecule has 2 aromatic rings. The molecule has 0 spiro atoms. The molecule has 6 heteroatoms. The Morgan fingerprint density at radius 1 is 1.16 bits per heavy atom. The molecule has 0 aliphatic rings. The minimum absolute atomic E-state index is 0.0867. The number of ether oxygens (including phenoxy) is 1. The van der Waals surface area contributed by atoms with Crippen LogP contribution in [0.15, 0.2) is 42.6 Å². The summed E-state index contributed by atoms with van der Waals surface area (Å²) in [7, 11) is 0. The van der Waals surface area contributed by atoms with Crippen molar-refractivity contribution in [1.82, 2.24) is 10.3 Å². The van der Waals surface area contributed by atoms with Gasteiger partial charge in [0.1, 0.15) is 11.4 Å². The third-order valence-corrected chi connectivity index (χ3v) is 3.45. The van der Waals surface area contributed by atoms with E-state index in [9.17, 15) is 9.59 Å². The molecule has 132 valence electrons. The number of carbonyl (C=O) groups excluding carboxylic acids is 1. The molecular weight excluding hydrogens is 320 g/mol. The van der Waals surface area contributed by atoms with Gasteiger partial charge >= 0.3 is 5.97 Å². The van der Waals surface area contributed by atoms with E-state index in [1.165, 1.54) is 18.3 Å². The molecule has 0 aliphatic heterocycles. The number of hydrogen-bond acceptors (Lipinski definition) is 4. The number of carbonyl (C=O) groups is 2. The Labute approximate surface area is 146 Å². The molecule has 0 atom stereocenters. The van der Waals surface area contributed by atoms with Crippen LogP contribution in [0, 0.1) is 5.92 Å². The normalized spacial score (nSPS) is 10.5. The highest BCUT2D eigenvalue weighted by molar-refractivity contribution is 5.94. The van der Waals surface area contributed by atoms with Crippen LogP contribution in [0.3, 0.4) is 0 Å². The summed E-state index contributed by atoms with van der Waals surface area (Å²) in [5.74, 6) is -0.0749. The summed E-state index contributed by atoms with van der Waals surface area (Å²) in [4.78, 5) is 26.5. The summed E-state index contributed by atoms with van der Waals surface area (Å²) in [6.07, 6.45) is 1.95. The third-order valence-electron chi connectivity index (χ3n) is 3.45. The predicted molar refractivity (Wildman–Crippen MR) is 94.0 cm³/mol. The van der Waals surface area contributed by atoms with E-state index in [1.54, 1.807) is 0 Å². The first kappa shape index (κ1) is 18.4. The molecule has 1 aromatic heterocycles. The Morgan fingerprint density at radius 3 is 2.44 bits per heavy atom. The van der Waals surface area contributed by atoms with Crippen molar-refractivity contribution in [3.63, 3.8) is 0 Å². The van der Waals surface area contributed by atoms with Crippen LogP contribution in [0.4, 0.5) is 0 Å². The van der Waals surface area contributed by atoms with Crippen molar-refractivity contribution in [2.24, 2.45) is 5.92 Å². The van der Waals surface area contributed by atoms with Crippen LogP contribution in [0.1, 0.15) is 40.3 Å². The van der Waals surface area contributed by atoms with Gasteiger partial charge < -0.3 is 15.2 Å². The first-order valence-electron chi connectivity index (χ1n) is 8.15. The summed E-state index contributed by atoms with van der Waals surface area (Å²) in [5.41, 5.74) is 1.34. The summed E-state index contributed by atoms with van der Waals surface area (Å²) < 4.78 is 5.63. The Hall–Kier alpha value is -2.89. The monoisotopic (exact) mass is 342 g/mol. The highest BCUT2D eigenvalue weighted by Crippen LogP contribution is 2.13. The van der Waals surface area contributed by atoms with Crippen LogP contribution in [0.25, 0.3) is 0 Å². The van der Waals surface area contributed by atoms with E-state index in [-0.39, 0.29) is 11.6 Å². The lowest BCUT2D eigenvalue weighted by Crippen LogP contribution is -2.25. The highest BCUT2D eigenvalue weighted by Gasteiger charge is 2.08. The average Bonchev–Trinajstić information content (AvgIpc) is 2.61. The van der Waals surface area contributed by atoms with Gasteiger partial charge in [0.05, 0.1) is 12.2 Å². The topological polar surface area (TPSA) is 88.5 Å². The standard InChI is InChI=1S/C19H22N2O4/c1-13(2)12-25-16-6-3-14(4-7-16)9-10-20-18(22)15-5-8-17(19(23)24)21-11-15/h3-8,11,13H,9-10,12H2,1-2H3,(H,20,22)(H,23,24). The van der Waals surface area contributed by atoms with Crippen LogP contribution < -0.4 is 10.1 Å². The molecule has 1 aromatic carbocycles. The van der Waals surface area contributed by atoms with Crippen LogP contribution in [-0.4, -0.2) is 35.1 Å². The fourth-order valence-corrected chi connectivity index (χ4v) is 2.09. The zero-order valence-electron chi connectivity index (χ0n) is 14.4. The van der Waals surface area contributed by atoms with Gasteiger partial charge in [0.2, 0.25) is 0 Å². The van der Waals surface area contributed by atoms with E-state index in [0.29, 0.717) is 31.1 Å². The summed E-state index contributed by atoms with van der Waals surface area (Å²) >= 11 is 0. The van der Waals surface area contributed by atoms with Gasteiger partial charge in [0.15, 0.2) is 0 Å². The minimum atomic E-state index is -1.12. The second-order valence-electron chi connectivity index (χ2n) is 6.09. The fraction of sp³-hybridized carbons (Fsp3) is 0.316. The quantitative estimate of drug-likeness (QED) is 0.770. The number of pyridine rings is 1. The number of amides is 1. The lowest BCUT2D eigenvalue weighted by molar-refractivity contribution is 0.0689. The van der Waals surface area contributed by atoms with E-state index in [1.807, 2.05) is 24.3 Å². The first-order chi connectivity index (χ1) is 12.0. The molecule has 2 rings (SSSR count). The van der Waals surface area contributed by atoms with E-state index in [0.717, 1.165) is 11.3 Å². The highest BCUT2D eigenvalue weighted by atomic mass is 16.5. The van der Waals surface area contributed by atoms with Gasteiger partial charge in [-0.3, -0.25) is 4.79 Å². The molecule has 1 heterocycles. The lowest BCUT2D eigenvalue weighted by atomic mass is 10.1. The summed E-state index contributed by atoms with van der Waals surface area (Å²) in [6.45, 7) is 5.36. The molecule has 0 saturated carbocycles. The summed E-state index contributed by atoms with van der Waals surface area (Å²) in [5, 5.41) is 11.6. The number of nitrogens with one attached hydrogen (secondary N) is 1. The molecule has 0 aliphatic carbocycles. The maximum atomic E-state index is 12.0. The SMILES string of the molecule is CC(C)COc1ccc(CCNC(=O)c2ccc(C(=O)O)nc2)cc1. The molecule has 6 nitrogen and oxygen atoms in total.